The normalized spacial score (nSPS) is 10.8. The fourth-order valence-corrected chi connectivity index (χ4v) is 2.60. The monoisotopic (exact) mass is 327 g/mol. The molecule has 0 unspecified atom stereocenters. The summed E-state index contributed by atoms with van der Waals surface area (Å²) in [6.45, 7) is 2.05. The third-order valence-electron chi connectivity index (χ3n) is 3.39. The van der Waals surface area contributed by atoms with E-state index in [1.165, 1.54) is 0 Å². The number of nitrogen functional groups attached to an aromatic ring is 1. The number of nitrogens with two attached hydrogens (primary N) is 1. The van der Waals surface area contributed by atoms with Crippen molar-refractivity contribution in [3.63, 3.8) is 0 Å². The Morgan fingerprint density at radius 2 is 1.85 bits per heavy atom. The zero-order valence-corrected chi connectivity index (χ0v) is 12.6. The molecule has 4 heteroatoms. The number of hydrogen-bond acceptors (Lipinski definition) is 3. The molecule has 100 valence electrons. The maximum Gasteiger partial charge on any atom is 0.0771 e. The van der Waals surface area contributed by atoms with Crippen molar-refractivity contribution in [1.29, 1.82) is 0 Å². The van der Waals surface area contributed by atoms with Gasteiger partial charge in [-0.15, -0.1) is 0 Å². The molecule has 0 fully saturated rings. The fraction of sp³-hybridized carbons (Fsp3) is 0.0625. The fourth-order valence-electron chi connectivity index (χ4n) is 2.28. The molecule has 0 amide bonds. The molecule has 0 spiro atoms. The minimum absolute atomic E-state index is 0.879. The molecule has 1 aromatic heterocycles. The molecule has 3 nitrogen and oxygen atoms in total. The molecule has 0 atom stereocenters. The van der Waals surface area contributed by atoms with E-state index in [2.05, 4.69) is 28.3 Å². The van der Waals surface area contributed by atoms with Gasteiger partial charge in [0.2, 0.25) is 0 Å². The van der Waals surface area contributed by atoms with Gasteiger partial charge in [-0.05, 0) is 30.7 Å². The highest BCUT2D eigenvalue weighted by atomic mass is 79.9. The second kappa shape index (κ2) is 5.23. The first kappa shape index (κ1) is 13.1. The summed E-state index contributed by atoms with van der Waals surface area (Å²) in [5, 5.41) is 1.02. The third-order valence-corrected chi connectivity index (χ3v) is 4.25. The highest BCUT2D eigenvalue weighted by Crippen LogP contribution is 2.32. The number of nitrogens with zero attached hydrogens (tertiary/aromatic N) is 1. The summed E-state index contributed by atoms with van der Waals surface area (Å²) in [7, 11) is 0. The Morgan fingerprint density at radius 1 is 1.10 bits per heavy atom. The second-order valence-corrected chi connectivity index (χ2v) is 5.49. The molecule has 1 heterocycles. The number of pyridine rings is 1. The Morgan fingerprint density at radius 3 is 2.55 bits per heavy atom. The molecule has 2 aromatic carbocycles. The summed E-state index contributed by atoms with van der Waals surface area (Å²) in [5.41, 5.74) is 7.70. The van der Waals surface area contributed by atoms with Crippen LogP contribution < -0.4 is 11.3 Å². The Hall–Kier alpha value is -1.91. The lowest BCUT2D eigenvalue weighted by Crippen LogP contribution is -2.08. The first-order chi connectivity index (χ1) is 9.70. The lowest BCUT2D eigenvalue weighted by molar-refractivity contribution is 1.31. The van der Waals surface area contributed by atoms with Gasteiger partial charge in [0.1, 0.15) is 0 Å². The van der Waals surface area contributed by atoms with Gasteiger partial charge in [0.15, 0.2) is 0 Å². The van der Waals surface area contributed by atoms with Crippen molar-refractivity contribution in [2.24, 2.45) is 5.84 Å². The lowest BCUT2D eigenvalue weighted by atomic mass is 10.1. The Bertz CT molecular complexity index is 770. The topological polar surface area (TPSA) is 50.9 Å². The molecule has 0 saturated heterocycles. The SMILES string of the molecule is Cc1c(Br)ccc2c(NN)cc(-c3ccccc3)nc12. The minimum atomic E-state index is 0.879. The van der Waals surface area contributed by atoms with Crippen LogP contribution in [0.25, 0.3) is 22.2 Å². The predicted molar refractivity (Wildman–Crippen MR) is 87.4 cm³/mol. The van der Waals surface area contributed by atoms with Crippen LogP contribution in [0.15, 0.2) is 53.0 Å². The van der Waals surface area contributed by atoms with Crippen molar-refractivity contribution in [3.8, 4) is 11.3 Å². The van der Waals surface area contributed by atoms with Gasteiger partial charge in [-0.3, -0.25) is 5.84 Å². The van der Waals surface area contributed by atoms with Crippen LogP contribution in [0.1, 0.15) is 5.56 Å². The van der Waals surface area contributed by atoms with Gasteiger partial charge in [-0.2, -0.15) is 0 Å². The first-order valence-electron chi connectivity index (χ1n) is 6.32. The third kappa shape index (κ3) is 2.17. The van der Waals surface area contributed by atoms with Crippen molar-refractivity contribution in [2.45, 2.75) is 6.92 Å². The van der Waals surface area contributed by atoms with Crippen molar-refractivity contribution in [3.05, 3.63) is 58.6 Å². The number of fused-ring (bicyclic) bond motifs is 1. The molecule has 3 N–H and O–H groups in total. The molecule has 3 rings (SSSR count). The number of nitrogens with one attached hydrogen (secondary N) is 1. The summed E-state index contributed by atoms with van der Waals surface area (Å²) in [4.78, 5) is 4.79. The molecular formula is C16H14BrN3. The summed E-state index contributed by atoms with van der Waals surface area (Å²) in [6.07, 6.45) is 0. The smallest absolute Gasteiger partial charge is 0.0771 e. The van der Waals surface area contributed by atoms with Crippen molar-refractivity contribution in [2.75, 3.05) is 5.43 Å². The number of anilines is 1. The van der Waals surface area contributed by atoms with Gasteiger partial charge < -0.3 is 5.43 Å². The molecule has 0 saturated carbocycles. The van der Waals surface area contributed by atoms with Crippen LogP contribution in [0, 0.1) is 6.92 Å². The molecular weight excluding hydrogens is 314 g/mol. The van der Waals surface area contributed by atoms with Gasteiger partial charge in [-0.1, -0.05) is 46.3 Å². The largest absolute Gasteiger partial charge is 0.323 e. The van der Waals surface area contributed by atoms with E-state index < -0.39 is 0 Å². The van der Waals surface area contributed by atoms with E-state index in [0.717, 1.165) is 37.9 Å². The summed E-state index contributed by atoms with van der Waals surface area (Å²) in [5.74, 6) is 5.66. The number of aromatic nitrogens is 1. The number of halogens is 1. The molecule has 0 aliphatic heterocycles. The van der Waals surface area contributed by atoms with E-state index in [4.69, 9.17) is 10.8 Å². The van der Waals surface area contributed by atoms with Gasteiger partial charge in [0.25, 0.3) is 0 Å². The zero-order valence-electron chi connectivity index (χ0n) is 11.0. The predicted octanol–water partition coefficient (Wildman–Crippen LogP) is 4.26. The average Bonchev–Trinajstić information content (AvgIpc) is 2.51. The second-order valence-electron chi connectivity index (χ2n) is 4.63. The first-order valence-corrected chi connectivity index (χ1v) is 7.12. The van der Waals surface area contributed by atoms with Crippen LogP contribution in [0.2, 0.25) is 0 Å². The van der Waals surface area contributed by atoms with E-state index in [-0.39, 0.29) is 0 Å². The van der Waals surface area contributed by atoms with E-state index in [9.17, 15) is 0 Å². The van der Waals surface area contributed by atoms with E-state index in [0.29, 0.717) is 0 Å². The van der Waals surface area contributed by atoms with E-state index in [1.54, 1.807) is 0 Å². The minimum Gasteiger partial charge on any atom is -0.323 e. The van der Waals surface area contributed by atoms with Crippen molar-refractivity contribution >= 4 is 32.5 Å². The van der Waals surface area contributed by atoms with E-state index in [1.807, 2.05) is 48.5 Å². The molecule has 0 aliphatic rings. The zero-order chi connectivity index (χ0) is 14.1. The molecule has 0 bridgehead atoms. The van der Waals surface area contributed by atoms with Gasteiger partial charge in [-0.25, -0.2) is 4.98 Å². The molecule has 20 heavy (non-hydrogen) atoms. The number of rotatable bonds is 2. The molecule has 0 aliphatic carbocycles. The Kier molecular flexibility index (Phi) is 3.42. The van der Waals surface area contributed by atoms with Crippen LogP contribution in [0.5, 0.6) is 0 Å². The van der Waals surface area contributed by atoms with Crippen LogP contribution in [-0.2, 0) is 0 Å². The average molecular weight is 328 g/mol. The van der Waals surface area contributed by atoms with Crippen molar-refractivity contribution < 1.29 is 0 Å². The number of hydrogen-bond donors (Lipinski definition) is 2. The van der Waals surface area contributed by atoms with Gasteiger partial charge in [0, 0.05) is 15.4 Å². The van der Waals surface area contributed by atoms with E-state index >= 15 is 0 Å². The van der Waals surface area contributed by atoms with Crippen LogP contribution in [0.3, 0.4) is 0 Å². The highest BCUT2D eigenvalue weighted by Gasteiger charge is 2.10. The lowest BCUT2D eigenvalue weighted by Gasteiger charge is -2.11. The number of hydrazine groups is 1. The van der Waals surface area contributed by atoms with Gasteiger partial charge >= 0.3 is 0 Å². The van der Waals surface area contributed by atoms with Crippen LogP contribution >= 0.6 is 15.9 Å². The summed E-state index contributed by atoms with van der Waals surface area (Å²) in [6, 6.07) is 16.1. The maximum absolute atomic E-state index is 5.66. The molecule has 3 aromatic rings. The number of aryl methyl sites for hydroxylation is 1. The standard InChI is InChI=1S/C16H14BrN3/c1-10-13(17)8-7-12-15(20-18)9-14(19-16(10)12)11-5-3-2-4-6-11/h2-9H,18H2,1H3,(H,19,20). The van der Waals surface area contributed by atoms with Gasteiger partial charge in [0.05, 0.1) is 16.9 Å². The summed E-state index contributed by atoms with van der Waals surface area (Å²) >= 11 is 3.55. The Labute approximate surface area is 125 Å². The number of benzene rings is 2. The molecule has 0 radical (unpaired) electrons. The quantitative estimate of drug-likeness (QED) is 0.546. The Balaban J connectivity index is 2.33. The maximum atomic E-state index is 5.66. The van der Waals surface area contributed by atoms with Crippen LogP contribution in [-0.4, -0.2) is 4.98 Å². The van der Waals surface area contributed by atoms with Crippen LogP contribution in [0.4, 0.5) is 5.69 Å². The highest BCUT2D eigenvalue weighted by molar-refractivity contribution is 9.10. The van der Waals surface area contributed by atoms with Crippen molar-refractivity contribution in [1.82, 2.24) is 4.98 Å². The summed E-state index contributed by atoms with van der Waals surface area (Å²) < 4.78 is 1.05.